The lowest BCUT2D eigenvalue weighted by atomic mass is 9.41. The predicted molar refractivity (Wildman–Crippen MR) is 92.4 cm³/mol. The summed E-state index contributed by atoms with van der Waals surface area (Å²) in [6.45, 7) is 10.0. The van der Waals surface area contributed by atoms with Crippen molar-refractivity contribution in [3.05, 3.63) is 12.7 Å². The van der Waals surface area contributed by atoms with Gasteiger partial charge in [-0.3, -0.25) is 4.79 Å². The summed E-state index contributed by atoms with van der Waals surface area (Å²) in [6, 6.07) is 0. The van der Waals surface area contributed by atoms with E-state index < -0.39 is 23.1 Å². The van der Waals surface area contributed by atoms with Crippen molar-refractivity contribution in [1.29, 1.82) is 0 Å². The summed E-state index contributed by atoms with van der Waals surface area (Å²) in [5.74, 6) is -0.904. The van der Waals surface area contributed by atoms with Gasteiger partial charge in [0.1, 0.15) is 0 Å². The van der Waals surface area contributed by atoms with Gasteiger partial charge in [0, 0.05) is 0 Å². The van der Waals surface area contributed by atoms with E-state index in [1.807, 2.05) is 13.0 Å². The number of fused-ring (bicyclic) bond motifs is 3. The number of hydrogen-bond acceptors (Lipinski definition) is 3. The fourth-order valence-electron chi connectivity index (χ4n) is 6.55. The topological polar surface area (TPSA) is 77.8 Å². The summed E-state index contributed by atoms with van der Waals surface area (Å²) in [5, 5.41) is 32.2. The third kappa shape index (κ3) is 2.22. The molecule has 0 aliphatic heterocycles. The van der Waals surface area contributed by atoms with Crippen LogP contribution in [0.25, 0.3) is 0 Å². The molecule has 136 valence electrons. The summed E-state index contributed by atoms with van der Waals surface area (Å²) in [5.41, 5.74) is -2.35. The molecule has 3 rings (SSSR count). The van der Waals surface area contributed by atoms with Crippen LogP contribution in [0.5, 0.6) is 0 Å². The van der Waals surface area contributed by atoms with Crippen molar-refractivity contribution in [3.63, 3.8) is 0 Å². The standard InChI is InChI=1S/C20H32O4/c1-5-17(2)10-7-13-18(3)8-6-9-19(4,16(22)23)14(18)11-15(21)20(13,24)12-17/h5,13-15,21,24H,1,6-12H2,2-4H3,(H,22,23). The summed E-state index contributed by atoms with van der Waals surface area (Å²) >= 11 is 0. The maximum absolute atomic E-state index is 12.0. The highest BCUT2D eigenvalue weighted by Crippen LogP contribution is 2.66. The largest absolute Gasteiger partial charge is 0.481 e. The Kier molecular flexibility index (Phi) is 3.97. The maximum Gasteiger partial charge on any atom is 0.309 e. The summed E-state index contributed by atoms with van der Waals surface area (Å²) in [4.78, 5) is 12.0. The Morgan fingerprint density at radius 1 is 1.17 bits per heavy atom. The van der Waals surface area contributed by atoms with Gasteiger partial charge < -0.3 is 15.3 Å². The lowest BCUT2D eigenvalue weighted by molar-refractivity contribution is -0.252. The number of rotatable bonds is 2. The predicted octanol–water partition coefficient (Wildman–Crippen LogP) is 3.37. The Balaban J connectivity index is 2.04. The van der Waals surface area contributed by atoms with Crippen LogP contribution in [0.15, 0.2) is 12.7 Å². The summed E-state index contributed by atoms with van der Waals surface area (Å²) in [6.07, 6.45) is 6.15. The van der Waals surface area contributed by atoms with E-state index in [9.17, 15) is 20.1 Å². The molecule has 7 atom stereocenters. The molecule has 0 saturated heterocycles. The number of aliphatic hydroxyl groups excluding tert-OH is 1. The van der Waals surface area contributed by atoms with Crippen LogP contribution in [0.1, 0.15) is 65.7 Å². The third-order valence-corrected chi connectivity index (χ3v) is 8.08. The minimum absolute atomic E-state index is 0.0502. The molecule has 4 heteroatoms. The van der Waals surface area contributed by atoms with E-state index in [1.54, 1.807) is 0 Å². The molecule has 7 unspecified atom stereocenters. The van der Waals surface area contributed by atoms with Gasteiger partial charge in [-0.05, 0) is 68.1 Å². The van der Waals surface area contributed by atoms with E-state index in [4.69, 9.17) is 0 Å². The van der Waals surface area contributed by atoms with Crippen molar-refractivity contribution in [1.82, 2.24) is 0 Å². The molecule has 0 spiro atoms. The molecule has 0 bridgehead atoms. The fourth-order valence-corrected chi connectivity index (χ4v) is 6.55. The SMILES string of the molecule is C=CC1(C)CCC2C3(C)CCCC(C)(C(=O)O)C3CC(O)C2(O)C1. The molecule has 3 saturated carbocycles. The van der Waals surface area contributed by atoms with E-state index in [0.717, 1.165) is 25.7 Å². The van der Waals surface area contributed by atoms with Gasteiger partial charge in [0.05, 0.1) is 17.1 Å². The van der Waals surface area contributed by atoms with Gasteiger partial charge in [0.15, 0.2) is 0 Å². The monoisotopic (exact) mass is 336 g/mol. The van der Waals surface area contributed by atoms with Crippen molar-refractivity contribution in [2.24, 2.45) is 28.1 Å². The second kappa shape index (κ2) is 5.31. The van der Waals surface area contributed by atoms with E-state index in [2.05, 4.69) is 20.4 Å². The van der Waals surface area contributed by atoms with Gasteiger partial charge in [0.25, 0.3) is 0 Å². The molecular formula is C20H32O4. The smallest absolute Gasteiger partial charge is 0.309 e. The number of allylic oxidation sites excluding steroid dienone is 1. The maximum atomic E-state index is 12.0. The van der Waals surface area contributed by atoms with Gasteiger partial charge in [-0.2, -0.15) is 0 Å². The van der Waals surface area contributed by atoms with Crippen LogP contribution in [0.2, 0.25) is 0 Å². The number of carboxylic acids is 1. The van der Waals surface area contributed by atoms with Gasteiger partial charge in [0.2, 0.25) is 0 Å². The molecule has 0 radical (unpaired) electrons. The lowest BCUT2D eigenvalue weighted by Gasteiger charge is -2.65. The van der Waals surface area contributed by atoms with Crippen molar-refractivity contribution >= 4 is 5.97 Å². The first-order valence-corrected chi connectivity index (χ1v) is 9.29. The second-order valence-corrected chi connectivity index (χ2v) is 9.50. The Bertz CT molecular complexity index is 560. The van der Waals surface area contributed by atoms with Crippen LogP contribution < -0.4 is 0 Å². The quantitative estimate of drug-likeness (QED) is 0.676. The number of hydrogen-bond donors (Lipinski definition) is 3. The summed E-state index contributed by atoms with van der Waals surface area (Å²) in [7, 11) is 0. The Hall–Kier alpha value is -0.870. The highest BCUT2D eigenvalue weighted by Gasteiger charge is 2.66. The molecule has 0 aromatic rings. The van der Waals surface area contributed by atoms with Gasteiger partial charge >= 0.3 is 5.97 Å². The molecule has 3 aliphatic carbocycles. The van der Waals surface area contributed by atoms with Crippen LogP contribution in [-0.2, 0) is 4.79 Å². The Morgan fingerprint density at radius 3 is 2.42 bits per heavy atom. The zero-order valence-electron chi connectivity index (χ0n) is 15.2. The van der Waals surface area contributed by atoms with E-state index in [1.165, 1.54) is 0 Å². The number of carbonyl (C=O) groups is 1. The zero-order valence-corrected chi connectivity index (χ0v) is 15.2. The zero-order chi connectivity index (χ0) is 18.0. The van der Waals surface area contributed by atoms with E-state index >= 15 is 0 Å². The number of carboxylic acid groups (broad SMARTS) is 1. The van der Waals surface area contributed by atoms with Gasteiger partial charge in [-0.25, -0.2) is 0 Å². The summed E-state index contributed by atoms with van der Waals surface area (Å²) < 4.78 is 0. The minimum atomic E-state index is -1.14. The first kappa shape index (κ1) is 17.9. The molecule has 0 heterocycles. The van der Waals surface area contributed by atoms with Crippen LogP contribution in [0, 0.1) is 28.1 Å². The molecule has 0 aromatic carbocycles. The molecule has 0 amide bonds. The lowest BCUT2D eigenvalue weighted by Crippen LogP contribution is -2.68. The van der Waals surface area contributed by atoms with Gasteiger partial charge in [-0.15, -0.1) is 6.58 Å². The van der Waals surface area contributed by atoms with Crippen LogP contribution >= 0.6 is 0 Å². The van der Waals surface area contributed by atoms with Gasteiger partial charge in [-0.1, -0.05) is 26.3 Å². The fraction of sp³-hybridized carbons (Fsp3) is 0.850. The molecule has 0 aromatic heterocycles. The number of aliphatic hydroxyl groups is 2. The first-order valence-electron chi connectivity index (χ1n) is 9.29. The third-order valence-electron chi connectivity index (χ3n) is 8.08. The van der Waals surface area contributed by atoms with Crippen LogP contribution in [-0.4, -0.2) is 33.0 Å². The first-order chi connectivity index (χ1) is 11.0. The highest BCUT2D eigenvalue weighted by molar-refractivity contribution is 5.75. The minimum Gasteiger partial charge on any atom is -0.481 e. The van der Waals surface area contributed by atoms with E-state index in [-0.39, 0.29) is 22.7 Å². The Labute approximate surface area is 145 Å². The molecule has 3 aliphatic rings. The van der Waals surface area contributed by atoms with Crippen LogP contribution in [0.3, 0.4) is 0 Å². The molecule has 4 nitrogen and oxygen atoms in total. The number of aliphatic carboxylic acids is 1. The molecule has 3 fully saturated rings. The van der Waals surface area contributed by atoms with Crippen LogP contribution in [0.4, 0.5) is 0 Å². The molecule has 3 N–H and O–H groups in total. The second-order valence-electron chi connectivity index (χ2n) is 9.50. The van der Waals surface area contributed by atoms with Crippen molar-refractivity contribution in [2.45, 2.75) is 77.4 Å². The average Bonchev–Trinajstić information content (AvgIpc) is 2.49. The van der Waals surface area contributed by atoms with Crippen molar-refractivity contribution in [2.75, 3.05) is 0 Å². The normalized spacial score (nSPS) is 54.5. The molecule has 24 heavy (non-hydrogen) atoms. The van der Waals surface area contributed by atoms with Crippen molar-refractivity contribution in [3.8, 4) is 0 Å². The Morgan fingerprint density at radius 2 is 1.83 bits per heavy atom. The van der Waals surface area contributed by atoms with E-state index in [0.29, 0.717) is 19.3 Å². The molecular weight excluding hydrogens is 304 g/mol. The average molecular weight is 336 g/mol. The van der Waals surface area contributed by atoms with Crippen molar-refractivity contribution < 1.29 is 20.1 Å². The highest BCUT2D eigenvalue weighted by atomic mass is 16.4.